The number of nitrogens with one attached hydrogen (secondary N) is 1. The van der Waals surface area contributed by atoms with Crippen LogP contribution in [0.25, 0.3) is 10.8 Å². The third-order valence-electron chi connectivity index (χ3n) is 6.28. The van der Waals surface area contributed by atoms with Crippen LogP contribution in [0.15, 0.2) is 79.3 Å². The van der Waals surface area contributed by atoms with E-state index in [-0.39, 0.29) is 11.8 Å². The molecule has 0 radical (unpaired) electrons. The Hall–Kier alpha value is -3.97. The van der Waals surface area contributed by atoms with Crippen molar-refractivity contribution in [2.75, 3.05) is 38.7 Å². The van der Waals surface area contributed by atoms with E-state index in [2.05, 4.69) is 39.6 Å². The van der Waals surface area contributed by atoms with Crippen LogP contribution in [0.4, 0.5) is 11.5 Å². The number of aromatic nitrogens is 2. The summed E-state index contributed by atoms with van der Waals surface area (Å²) in [5, 5.41) is 5.60. The molecule has 7 nitrogen and oxygen atoms in total. The lowest BCUT2D eigenvalue weighted by Gasteiger charge is -2.25. The van der Waals surface area contributed by atoms with Crippen LogP contribution in [0.1, 0.15) is 15.9 Å². The Morgan fingerprint density at radius 2 is 2.06 bits per heavy atom. The highest BCUT2D eigenvalue weighted by atomic mass is 16.5. The Kier molecular flexibility index (Phi) is 6.86. The predicted octanol–water partition coefficient (Wildman–Crippen LogP) is 4.71. The van der Waals surface area contributed by atoms with Gasteiger partial charge in [-0.05, 0) is 47.7 Å². The molecule has 35 heavy (non-hydrogen) atoms. The lowest BCUT2D eigenvalue weighted by Crippen LogP contribution is -2.36. The second-order valence-corrected chi connectivity index (χ2v) is 8.67. The Morgan fingerprint density at radius 1 is 1.14 bits per heavy atom. The van der Waals surface area contributed by atoms with Gasteiger partial charge in [-0.2, -0.15) is 0 Å². The molecule has 7 heteroatoms. The summed E-state index contributed by atoms with van der Waals surface area (Å²) < 4.78 is 11.2. The van der Waals surface area contributed by atoms with Crippen molar-refractivity contribution in [1.82, 2.24) is 14.9 Å². The summed E-state index contributed by atoms with van der Waals surface area (Å²) in [6, 6.07) is 19.5. The maximum atomic E-state index is 13.7. The summed E-state index contributed by atoms with van der Waals surface area (Å²) in [5.41, 5.74) is 2.58. The molecule has 0 unspecified atom stereocenters. The largest absolute Gasteiger partial charge is 0.497 e. The first-order valence-electron chi connectivity index (χ1n) is 11.8. The molecule has 1 aliphatic heterocycles. The van der Waals surface area contributed by atoms with Crippen LogP contribution < -0.4 is 10.1 Å². The molecule has 0 saturated carbocycles. The van der Waals surface area contributed by atoms with Crippen molar-refractivity contribution in [2.24, 2.45) is 5.92 Å². The van der Waals surface area contributed by atoms with Crippen molar-refractivity contribution in [3.8, 4) is 5.75 Å². The summed E-state index contributed by atoms with van der Waals surface area (Å²) in [7, 11) is 1.63. The van der Waals surface area contributed by atoms with E-state index in [9.17, 15) is 4.79 Å². The fourth-order valence-corrected chi connectivity index (χ4v) is 4.55. The topological polar surface area (TPSA) is 76.6 Å². The number of hydrogen-bond acceptors (Lipinski definition) is 6. The molecule has 1 atom stereocenters. The highest BCUT2D eigenvalue weighted by Crippen LogP contribution is 2.25. The minimum atomic E-state index is -0.0545. The van der Waals surface area contributed by atoms with E-state index < -0.39 is 0 Å². The van der Waals surface area contributed by atoms with Gasteiger partial charge in [0.2, 0.25) is 0 Å². The molecule has 1 saturated heterocycles. The highest BCUT2D eigenvalue weighted by molar-refractivity contribution is 5.99. The standard InChI is InChI=1S/C28H28N4O3/c1-34-24-8-3-7-23(16-24)31-27-26(9-4-11-30-27)28(33)32-13-14-35-19-20(18-32)15-21-5-2-6-22-17-29-12-10-25(21)22/h2-12,16-17,20H,13-15,18-19H2,1H3,(H,30,31)/t20-/m0/s1. The molecule has 2 aromatic heterocycles. The number of nitrogens with zero attached hydrogens (tertiary/aromatic N) is 3. The van der Waals surface area contributed by atoms with Crippen molar-refractivity contribution in [2.45, 2.75) is 6.42 Å². The molecule has 0 bridgehead atoms. The van der Waals surface area contributed by atoms with Crippen LogP contribution in [-0.2, 0) is 11.2 Å². The monoisotopic (exact) mass is 468 g/mol. The number of fused-ring (bicyclic) bond motifs is 1. The van der Waals surface area contributed by atoms with Crippen molar-refractivity contribution < 1.29 is 14.3 Å². The first-order valence-corrected chi connectivity index (χ1v) is 11.8. The summed E-state index contributed by atoms with van der Waals surface area (Å²) in [5.74, 6) is 1.39. The molecule has 1 aliphatic rings. The smallest absolute Gasteiger partial charge is 0.257 e. The van der Waals surface area contributed by atoms with Crippen molar-refractivity contribution in [3.05, 3.63) is 90.4 Å². The third-order valence-corrected chi connectivity index (χ3v) is 6.28. The maximum absolute atomic E-state index is 13.7. The molecule has 3 heterocycles. The SMILES string of the molecule is COc1cccc(Nc2ncccc2C(=O)N2CCOC[C@@H](Cc3cccc4cnccc34)C2)c1. The average Bonchev–Trinajstić information content (AvgIpc) is 3.14. The molecule has 0 aliphatic carbocycles. The molecule has 1 fully saturated rings. The van der Waals surface area contributed by atoms with E-state index in [0.717, 1.165) is 23.2 Å². The number of anilines is 2. The highest BCUT2D eigenvalue weighted by Gasteiger charge is 2.26. The molecular weight excluding hydrogens is 440 g/mol. The number of carbonyl (C=O) groups excluding carboxylic acids is 1. The number of ether oxygens (including phenoxy) is 2. The zero-order chi connectivity index (χ0) is 24.0. The van der Waals surface area contributed by atoms with E-state index in [4.69, 9.17) is 9.47 Å². The molecule has 4 aromatic rings. The summed E-state index contributed by atoms with van der Waals surface area (Å²) in [4.78, 5) is 24.2. The van der Waals surface area contributed by atoms with Crippen LogP contribution in [0.3, 0.4) is 0 Å². The van der Waals surface area contributed by atoms with Gasteiger partial charge in [0.15, 0.2) is 0 Å². The average molecular weight is 469 g/mol. The number of carbonyl (C=O) groups is 1. The van der Waals surface area contributed by atoms with E-state index in [1.165, 1.54) is 10.9 Å². The van der Waals surface area contributed by atoms with Gasteiger partial charge in [0.05, 0.1) is 25.9 Å². The predicted molar refractivity (Wildman–Crippen MR) is 136 cm³/mol. The number of amides is 1. The van der Waals surface area contributed by atoms with E-state index in [0.29, 0.717) is 37.7 Å². The van der Waals surface area contributed by atoms with E-state index in [1.807, 2.05) is 47.6 Å². The Labute approximate surface area is 204 Å². The van der Waals surface area contributed by atoms with Crippen molar-refractivity contribution >= 4 is 28.2 Å². The lowest BCUT2D eigenvalue weighted by atomic mass is 9.95. The van der Waals surface area contributed by atoms with Crippen molar-refractivity contribution in [3.63, 3.8) is 0 Å². The molecule has 178 valence electrons. The molecular formula is C28H28N4O3. The Balaban J connectivity index is 1.35. The first kappa shape index (κ1) is 22.8. The van der Waals surface area contributed by atoms with Gasteiger partial charge >= 0.3 is 0 Å². The number of methoxy groups -OCH3 is 1. The van der Waals surface area contributed by atoms with Gasteiger partial charge in [-0.3, -0.25) is 9.78 Å². The van der Waals surface area contributed by atoms with Crippen LogP contribution in [-0.4, -0.2) is 54.2 Å². The van der Waals surface area contributed by atoms with Crippen LogP contribution in [0.2, 0.25) is 0 Å². The fraction of sp³-hybridized carbons (Fsp3) is 0.250. The Bertz CT molecular complexity index is 1320. The van der Waals surface area contributed by atoms with Gasteiger partial charge in [0, 0.05) is 54.7 Å². The van der Waals surface area contributed by atoms with E-state index in [1.54, 1.807) is 19.4 Å². The number of hydrogen-bond donors (Lipinski definition) is 1. The van der Waals surface area contributed by atoms with Crippen LogP contribution in [0, 0.1) is 5.92 Å². The minimum absolute atomic E-state index is 0.0545. The summed E-state index contributed by atoms with van der Waals surface area (Å²) in [6.45, 7) is 2.30. The van der Waals surface area contributed by atoms with Gasteiger partial charge in [0.25, 0.3) is 5.91 Å². The number of benzene rings is 2. The molecule has 0 spiro atoms. The maximum Gasteiger partial charge on any atom is 0.257 e. The second-order valence-electron chi connectivity index (χ2n) is 8.67. The first-order chi connectivity index (χ1) is 17.2. The zero-order valence-electron chi connectivity index (χ0n) is 19.7. The van der Waals surface area contributed by atoms with Gasteiger partial charge in [-0.1, -0.05) is 24.3 Å². The number of rotatable bonds is 6. The quantitative estimate of drug-likeness (QED) is 0.442. The minimum Gasteiger partial charge on any atom is -0.497 e. The molecule has 5 rings (SSSR count). The third kappa shape index (κ3) is 5.25. The van der Waals surface area contributed by atoms with Gasteiger partial charge in [0.1, 0.15) is 11.6 Å². The van der Waals surface area contributed by atoms with E-state index >= 15 is 0 Å². The van der Waals surface area contributed by atoms with Crippen LogP contribution >= 0.6 is 0 Å². The summed E-state index contributed by atoms with van der Waals surface area (Å²) in [6.07, 6.45) is 6.22. The normalized spacial score (nSPS) is 16.0. The van der Waals surface area contributed by atoms with Crippen molar-refractivity contribution in [1.29, 1.82) is 0 Å². The lowest BCUT2D eigenvalue weighted by molar-refractivity contribution is 0.0738. The zero-order valence-corrected chi connectivity index (χ0v) is 19.7. The van der Waals surface area contributed by atoms with Gasteiger partial charge in [-0.15, -0.1) is 0 Å². The molecule has 1 amide bonds. The van der Waals surface area contributed by atoms with Gasteiger partial charge < -0.3 is 19.7 Å². The second kappa shape index (κ2) is 10.5. The number of pyridine rings is 2. The van der Waals surface area contributed by atoms with Gasteiger partial charge in [-0.25, -0.2) is 4.98 Å². The molecule has 2 aromatic carbocycles. The summed E-state index contributed by atoms with van der Waals surface area (Å²) >= 11 is 0. The van der Waals surface area contributed by atoms with Crippen LogP contribution in [0.5, 0.6) is 5.75 Å². The Morgan fingerprint density at radius 3 is 2.97 bits per heavy atom. The molecule has 1 N–H and O–H groups in total. The fourth-order valence-electron chi connectivity index (χ4n) is 4.55.